The van der Waals surface area contributed by atoms with E-state index in [-0.39, 0.29) is 5.63 Å². The molecule has 0 aliphatic heterocycles. The van der Waals surface area contributed by atoms with Crippen LogP contribution < -0.4 is 5.63 Å². The minimum Gasteiger partial charge on any atom is -0.422 e. The lowest BCUT2D eigenvalue weighted by molar-refractivity contribution is 0.274. The number of aryl methyl sites for hydroxylation is 2. The zero-order valence-electron chi connectivity index (χ0n) is 13.8. The van der Waals surface area contributed by atoms with Gasteiger partial charge in [0.25, 0.3) is 0 Å². The molecule has 3 aromatic rings. The number of hydrogen-bond donors (Lipinski definition) is 0. The number of thiophene rings is 1. The number of nitrogens with zero attached hydrogens (tertiary/aromatic N) is 1. The summed E-state index contributed by atoms with van der Waals surface area (Å²) in [7, 11) is 0. The van der Waals surface area contributed by atoms with Crippen LogP contribution >= 0.6 is 11.3 Å². The molecule has 0 N–H and O–H groups in total. The second-order valence-electron chi connectivity index (χ2n) is 5.86. The number of fused-ring (bicyclic) bond motifs is 1. The van der Waals surface area contributed by atoms with Gasteiger partial charge in [-0.2, -0.15) is 0 Å². The normalized spacial score (nSPS) is 11.5. The molecule has 0 atom stereocenters. The molecule has 0 radical (unpaired) electrons. The molecular formula is C19H21NO2S. The molecule has 120 valence electrons. The Kier molecular flexibility index (Phi) is 4.64. The molecule has 3 nitrogen and oxygen atoms in total. The lowest BCUT2D eigenvalue weighted by atomic mass is 10.0. The topological polar surface area (TPSA) is 33.5 Å². The van der Waals surface area contributed by atoms with Crippen molar-refractivity contribution in [3.63, 3.8) is 0 Å². The molecule has 3 rings (SSSR count). The molecule has 0 saturated carbocycles. The highest BCUT2D eigenvalue weighted by Crippen LogP contribution is 2.24. The minimum absolute atomic E-state index is 0.270. The maximum absolute atomic E-state index is 12.0. The average molecular weight is 327 g/mol. The monoisotopic (exact) mass is 327 g/mol. The van der Waals surface area contributed by atoms with Gasteiger partial charge in [0.1, 0.15) is 5.58 Å². The van der Waals surface area contributed by atoms with E-state index in [0.717, 1.165) is 47.3 Å². The first-order valence-electron chi connectivity index (χ1n) is 7.86. The summed E-state index contributed by atoms with van der Waals surface area (Å²) in [6, 6.07) is 10.0. The number of hydrogen-bond acceptors (Lipinski definition) is 4. The maximum Gasteiger partial charge on any atom is 0.336 e. The molecule has 2 heterocycles. The molecule has 0 unspecified atom stereocenters. The standard InChI is InChI=1S/C19H21NO2S/c1-4-20(12-16-6-5-9-23-16)11-15-10-18(21)22-19-14(3)13(2)7-8-17(15)19/h5-10H,4,11-12H2,1-3H3. The summed E-state index contributed by atoms with van der Waals surface area (Å²) in [4.78, 5) is 15.7. The Labute approximate surface area is 140 Å². The molecule has 23 heavy (non-hydrogen) atoms. The third-order valence-electron chi connectivity index (χ3n) is 4.32. The highest BCUT2D eigenvalue weighted by molar-refractivity contribution is 7.09. The lowest BCUT2D eigenvalue weighted by Crippen LogP contribution is -2.22. The summed E-state index contributed by atoms with van der Waals surface area (Å²) in [5.41, 5.74) is 3.68. The van der Waals surface area contributed by atoms with Crippen LogP contribution in [0.3, 0.4) is 0 Å². The van der Waals surface area contributed by atoms with Crippen LogP contribution in [0.5, 0.6) is 0 Å². The van der Waals surface area contributed by atoms with Gasteiger partial charge in [-0.3, -0.25) is 4.90 Å². The van der Waals surface area contributed by atoms with Gasteiger partial charge in [-0.05, 0) is 48.5 Å². The Hall–Kier alpha value is -1.91. The summed E-state index contributed by atoms with van der Waals surface area (Å²) in [6.07, 6.45) is 0. The summed E-state index contributed by atoms with van der Waals surface area (Å²) < 4.78 is 5.46. The SMILES string of the molecule is CCN(Cc1cccs1)Cc1cc(=O)oc2c(C)c(C)ccc12. The van der Waals surface area contributed by atoms with Gasteiger partial charge >= 0.3 is 5.63 Å². The van der Waals surface area contributed by atoms with E-state index in [4.69, 9.17) is 4.42 Å². The van der Waals surface area contributed by atoms with Gasteiger partial charge in [0.05, 0.1) is 0 Å². The van der Waals surface area contributed by atoms with Gasteiger partial charge in [0.2, 0.25) is 0 Å². The summed E-state index contributed by atoms with van der Waals surface area (Å²) in [5, 5.41) is 3.14. The van der Waals surface area contributed by atoms with Crippen LogP contribution in [-0.2, 0) is 13.1 Å². The Morgan fingerprint density at radius 3 is 2.70 bits per heavy atom. The van der Waals surface area contributed by atoms with Crippen LogP contribution in [0.4, 0.5) is 0 Å². The predicted molar refractivity (Wildman–Crippen MR) is 96.1 cm³/mol. The Morgan fingerprint density at radius 2 is 2.00 bits per heavy atom. The van der Waals surface area contributed by atoms with Crippen molar-refractivity contribution < 1.29 is 4.42 Å². The van der Waals surface area contributed by atoms with Crippen molar-refractivity contribution in [1.29, 1.82) is 0 Å². The average Bonchev–Trinajstić information content (AvgIpc) is 3.03. The second-order valence-corrected chi connectivity index (χ2v) is 6.89. The van der Waals surface area contributed by atoms with E-state index in [2.05, 4.69) is 41.5 Å². The van der Waals surface area contributed by atoms with Crippen molar-refractivity contribution in [3.8, 4) is 0 Å². The van der Waals surface area contributed by atoms with Crippen LogP contribution in [0.25, 0.3) is 11.0 Å². The van der Waals surface area contributed by atoms with Gasteiger partial charge in [-0.15, -0.1) is 11.3 Å². The largest absolute Gasteiger partial charge is 0.422 e. The van der Waals surface area contributed by atoms with E-state index >= 15 is 0 Å². The fourth-order valence-corrected chi connectivity index (χ4v) is 3.54. The molecule has 2 aromatic heterocycles. The zero-order valence-corrected chi connectivity index (χ0v) is 14.6. The first-order chi connectivity index (χ1) is 11.1. The van der Waals surface area contributed by atoms with E-state index in [1.54, 1.807) is 17.4 Å². The molecular weight excluding hydrogens is 306 g/mol. The van der Waals surface area contributed by atoms with Gasteiger partial charge < -0.3 is 4.42 Å². The summed E-state index contributed by atoms with van der Waals surface area (Å²) >= 11 is 1.77. The Balaban J connectivity index is 1.98. The number of benzene rings is 1. The molecule has 1 aromatic carbocycles. The molecule has 0 spiro atoms. The van der Waals surface area contributed by atoms with Crippen molar-refractivity contribution in [3.05, 3.63) is 67.7 Å². The molecule has 0 fully saturated rings. The van der Waals surface area contributed by atoms with Gasteiger partial charge in [-0.1, -0.05) is 25.1 Å². The van der Waals surface area contributed by atoms with Crippen LogP contribution in [0.15, 0.2) is 44.9 Å². The lowest BCUT2D eigenvalue weighted by Gasteiger charge is -2.20. The minimum atomic E-state index is -0.270. The Bertz CT molecular complexity index is 865. The third kappa shape index (κ3) is 3.38. The maximum atomic E-state index is 12.0. The first kappa shape index (κ1) is 16.0. The van der Waals surface area contributed by atoms with Crippen LogP contribution in [0, 0.1) is 13.8 Å². The van der Waals surface area contributed by atoms with Crippen molar-refractivity contribution in [2.75, 3.05) is 6.54 Å². The zero-order chi connectivity index (χ0) is 16.4. The van der Waals surface area contributed by atoms with Crippen molar-refractivity contribution >= 4 is 22.3 Å². The molecule has 0 amide bonds. The second kappa shape index (κ2) is 6.69. The van der Waals surface area contributed by atoms with E-state index in [1.807, 2.05) is 13.8 Å². The van der Waals surface area contributed by atoms with E-state index < -0.39 is 0 Å². The van der Waals surface area contributed by atoms with E-state index in [9.17, 15) is 4.79 Å². The van der Waals surface area contributed by atoms with E-state index in [1.165, 1.54) is 4.88 Å². The highest BCUT2D eigenvalue weighted by Gasteiger charge is 2.13. The Morgan fingerprint density at radius 1 is 1.17 bits per heavy atom. The molecule has 0 aliphatic carbocycles. The summed E-state index contributed by atoms with van der Waals surface area (Å²) in [6.45, 7) is 8.78. The van der Waals surface area contributed by atoms with Crippen LogP contribution in [0.1, 0.15) is 28.5 Å². The van der Waals surface area contributed by atoms with Crippen LogP contribution in [-0.4, -0.2) is 11.4 Å². The smallest absolute Gasteiger partial charge is 0.336 e. The first-order valence-corrected chi connectivity index (χ1v) is 8.74. The molecule has 0 bridgehead atoms. The highest BCUT2D eigenvalue weighted by atomic mass is 32.1. The van der Waals surface area contributed by atoms with Gasteiger partial charge in [-0.25, -0.2) is 4.79 Å². The third-order valence-corrected chi connectivity index (χ3v) is 5.18. The van der Waals surface area contributed by atoms with E-state index in [0.29, 0.717) is 0 Å². The van der Waals surface area contributed by atoms with Crippen molar-refractivity contribution in [2.24, 2.45) is 0 Å². The summed E-state index contributed by atoms with van der Waals surface area (Å²) in [5.74, 6) is 0. The molecule has 4 heteroatoms. The quantitative estimate of drug-likeness (QED) is 0.647. The fourth-order valence-electron chi connectivity index (χ4n) is 2.80. The van der Waals surface area contributed by atoms with Crippen molar-refractivity contribution in [2.45, 2.75) is 33.9 Å². The predicted octanol–water partition coefficient (Wildman–Crippen LogP) is 4.49. The molecule has 0 saturated heterocycles. The van der Waals surface area contributed by atoms with Crippen LogP contribution in [0.2, 0.25) is 0 Å². The number of rotatable bonds is 5. The van der Waals surface area contributed by atoms with Gasteiger partial charge in [0.15, 0.2) is 0 Å². The fraction of sp³-hybridized carbons (Fsp3) is 0.316. The van der Waals surface area contributed by atoms with Gasteiger partial charge in [0, 0.05) is 29.4 Å². The molecule has 0 aliphatic rings. The van der Waals surface area contributed by atoms with Crippen molar-refractivity contribution in [1.82, 2.24) is 4.90 Å².